The molecule has 1 saturated carbocycles. The van der Waals surface area contributed by atoms with E-state index in [1.807, 2.05) is 4.68 Å². The molecule has 0 bridgehead atoms. The maximum Gasteiger partial charge on any atom is 0.138 e. The third-order valence-corrected chi connectivity index (χ3v) is 3.53. The van der Waals surface area contributed by atoms with Gasteiger partial charge < -0.3 is 0 Å². The van der Waals surface area contributed by atoms with Crippen molar-refractivity contribution in [1.29, 1.82) is 5.26 Å². The number of nitriles is 1. The van der Waals surface area contributed by atoms with Crippen molar-refractivity contribution in [2.45, 2.75) is 52.5 Å². The van der Waals surface area contributed by atoms with Crippen LogP contribution in [0, 0.1) is 22.7 Å². The van der Waals surface area contributed by atoms with Crippen molar-refractivity contribution in [2.75, 3.05) is 0 Å². The average Bonchev–Trinajstić information content (AvgIpc) is 2.90. The van der Waals surface area contributed by atoms with E-state index >= 15 is 0 Å². The molecule has 2 rings (SSSR count). The summed E-state index contributed by atoms with van der Waals surface area (Å²) >= 11 is 0. The van der Waals surface area contributed by atoms with Crippen molar-refractivity contribution >= 4 is 0 Å². The van der Waals surface area contributed by atoms with E-state index in [1.54, 1.807) is 6.33 Å². The Kier molecular flexibility index (Phi) is 3.46. The Morgan fingerprint density at radius 3 is 2.76 bits per heavy atom. The van der Waals surface area contributed by atoms with Gasteiger partial charge in [-0.15, -0.1) is 0 Å². The van der Waals surface area contributed by atoms with E-state index in [0.29, 0.717) is 5.92 Å². The predicted octanol–water partition coefficient (Wildman–Crippen LogP) is 2.56. The molecule has 0 radical (unpaired) electrons. The zero-order valence-electron chi connectivity index (χ0n) is 10.7. The van der Waals surface area contributed by atoms with Crippen LogP contribution >= 0.6 is 0 Å². The summed E-state index contributed by atoms with van der Waals surface area (Å²) in [6.45, 7) is 5.22. The number of hydrogen-bond donors (Lipinski definition) is 0. The highest BCUT2D eigenvalue weighted by atomic mass is 15.3. The zero-order valence-corrected chi connectivity index (χ0v) is 10.7. The van der Waals surface area contributed by atoms with Gasteiger partial charge in [-0.1, -0.05) is 26.7 Å². The first-order chi connectivity index (χ1) is 8.15. The van der Waals surface area contributed by atoms with E-state index in [-0.39, 0.29) is 5.41 Å². The van der Waals surface area contributed by atoms with E-state index in [2.05, 4.69) is 30.0 Å². The van der Waals surface area contributed by atoms with E-state index < -0.39 is 0 Å². The van der Waals surface area contributed by atoms with Gasteiger partial charge in [-0.2, -0.15) is 10.4 Å². The molecule has 1 fully saturated rings. The van der Waals surface area contributed by atoms with Crippen LogP contribution in [-0.2, 0) is 13.0 Å². The first kappa shape index (κ1) is 12.1. The maximum absolute atomic E-state index is 9.38. The van der Waals surface area contributed by atoms with Crippen molar-refractivity contribution in [3.8, 4) is 6.07 Å². The second-order valence-electron chi connectivity index (χ2n) is 5.53. The largest absolute Gasteiger partial charge is 0.250 e. The van der Waals surface area contributed by atoms with Gasteiger partial charge in [0.25, 0.3) is 0 Å². The minimum Gasteiger partial charge on any atom is -0.250 e. The molecule has 0 saturated heterocycles. The first-order valence-corrected chi connectivity index (χ1v) is 6.43. The van der Waals surface area contributed by atoms with Crippen LogP contribution in [0.5, 0.6) is 0 Å². The lowest BCUT2D eigenvalue weighted by atomic mass is 9.84. The fraction of sp³-hybridized carbons (Fsp3) is 0.769. The number of rotatable bonds is 4. The van der Waals surface area contributed by atoms with Crippen LogP contribution in [0.3, 0.4) is 0 Å². The summed E-state index contributed by atoms with van der Waals surface area (Å²) in [5.74, 6) is 1.53. The second kappa shape index (κ2) is 4.87. The van der Waals surface area contributed by atoms with Gasteiger partial charge in [0.1, 0.15) is 12.2 Å². The molecular formula is C13H20N4. The highest BCUT2D eigenvalue weighted by Crippen LogP contribution is 2.39. The van der Waals surface area contributed by atoms with E-state index in [1.165, 1.54) is 12.8 Å². The minimum atomic E-state index is -0.179. The van der Waals surface area contributed by atoms with Gasteiger partial charge in [-0.05, 0) is 18.8 Å². The van der Waals surface area contributed by atoms with Crippen LogP contribution in [0.1, 0.15) is 45.4 Å². The molecular weight excluding hydrogens is 212 g/mol. The smallest absolute Gasteiger partial charge is 0.138 e. The number of aromatic nitrogens is 3. The highest BCUT2D eigenvalue weighted by Gasteiger charge is 2.35. The van der Waals surface area contributed by atoms with E-state index in [4.69, 9.17) is 0 Å². The molecule has 0 aliphatic heterocycles. The minimum absolute atomic E-state index is 0.179. The van der Waals surface area contributed by atoms with Gasteiger partial charge in [-0.25, -0.2) is 9.67 Å². The van der Waals surface area contributed by atoms with Crippen molar-refractivity contribution in [3.63, 3.8) is 0 Å². The summed E-state index contributed by atoms with van der Waals surface area (Å²) in [5, 5.41) is 13.6. The quantitative estimate of drug-likeness (QED) is 0.801. The first-order valence-electron chi connectivity index (χ1n) is 6.43. The van der Waals surface area contributed by atoms with E-state index in [9.17, 15) is 5.26 Å². The molecule has 92 valence electrons. The zero-order chi connectivity index (χ0) is 12.3. The lowest BCUT2D eigenvalue weighted by Gasteiger charge is -2.19. The summed E-state index contributed by atoms with van der Waals surface area (Å²) in [5.41, 5.74) is -0.179. The number of hydrogen-bond acceptors (Lipinski definition) is 3. The van der Waals surface area contributed by atoms with Gasteiger partial charge in [-0.3, -0.25) is 0 Å². The Morgan fingerprint density at radius 2 is 2.18 bits per heavy atom. The van der Waals surface area contributed by atoms with Crippen molar-refractivity contribution in [3.05, 3.63) is 12.2 Å². The van der Waals surface area contributed by atoms with Crippen molar-refractivity contribution < 1.29 is 0 Å². The average molecular weight is 232 g/mol. The Morgan fingerprint density at radius 1 is 1.47 bits per heavy atom. The highest BCUT2D eigenvalue weighted by molar-refractivity contribution is 5.07. The SMILES string of the molecule is CC(C)Cn1ncnc1CC1(C#N)CCCC1. The molecule has 4 heteroatoms. The van der Waals surface area contributed by atoms with Crippen LogP contribution in [0.15, 0.2) is 6.33 Å². The molecule has 0 spiro atoms. The summed E-state index contributed by atoms with van der Waals surface area (Å²) in [7, 11) is 0. The second-order valence-corrected chi connectivity index (χ2v) is 5.53. The van der Waals surface area contributed by atoms with Crippen LogP contribution in [-0.4, -0.2) is 14.8 Å². The standard InChI is InChI=1S/C13H20N4/c1-11(2)8-17-12(15-10-16-17)7-13(9-14)5-3-4-6-13/h10-11H,3-8H2,1-2H3. The normalized spacial score (nSPS) is 18.5. The molecule has 1 aromatic rings. The lowest BCUT2D eigenvalue weighted by molar-refractivity contribution is 0.374. The fourth-order valence-electron chi connectivity index (χ4n) is 2.61. The van der Waals surface area contributed by atoms with Crippen LogP contribution < -0.4 is 0 Å². The molecule has 1 aromatic heterocycles. The summed E-state index contributed by atoms with van der Waals surface area (Å²) in [6, 6.07) is 2.52. The molecule has 0 atom stereocenters. The maximum atomic E-state index is 9.38. The molecule has 0 aromatic carbocycles. The van der Waals surface area contributed by atoms with Crippen molar-refractivity contribution in [1.82, 2.24) is 14.8 Å². The van der Waals surface area contributed by atoms with Crippen LogP contribution in [0.25, 0.3) is 0 Å². The van der Waals surface area contributed by atoms with Crippen LogP contribution in [0.2, 0.25) is 0 Å². The molecule has 1 aliphatic carbocycles. The summed E-state index contributed by atoms with van der Waals surface area (Å²) < 4.78 is 1.96. The molecule has 1 heterocycles. The predicted molar refractivity (Wildman–Crippen MR) is 65.1 cm³/mol. The monoisotopic (exact) mass is 232 g/mol. The molecule has 4 nitrogen and oxygen atoms in total. The van der Waals surface area contributed by atoms with Crippen LogP contribution in [0.4, 0.5) is 0 Å². The third kappa shape index (κ3) is 2.66. The van der Waals surface area contributed by atoms with Gasteiger partial charge >= 0.3 is 0 Å². The Hall–Kier alpha value is -1.37. The molecule has 17 heavy (non-hydrogen) atoms. The Bertz CT molecular complexity index is 407. The Balaban J connectivity index is 2.13. The van der Waals surface area contributed by atoms with E-state index in [0.717, 1.165) is 31.6 Å². The molecule has 0 N–H and O–H groups in total. The summed E-state index contributed by atoms with van der Waals surface area (Å²) in [6.07, 6.45) is 6.74. The van der Waals surface area contributed by atoms with Gasteiger partial charge in [0, 0.05) is 13.0 Å². The van der Waals surface area contributed by atoms with Gasteiger partial charge in [0.2, 0.25) is 0 Å². The topological polar surface area (TPSA) is 54.5 Å². The fourth-order valence-corrected chi connectivity index (χ4v) is 2.61. The van der Waals surface area contributed by atoms with Crippen molar-refractivity contribution in [2.24, 2.45) is 11.3 Å². The molecule has 1 aliphatic rings. The lowest BCUT2D eigenvalue weighted by Crippen LogP contribution is -2.21. The third-order valence-electron chi connectivity index (χ3n) is 3.53. The van der Waals surface area contributed by atoms with Gasteiger partial charge in [0.15, 0.2) is 0 Å². The molecule has 0 unspecified atom stereocenters. The van der Waals surface area contributed by atoms with Gasteiger partial charge in [0.05, 0.1) is 11.5 Å². The number of nitrogens with zero attached hydrogens (tertiary/aromatic N) is 4. The summed E-state index contributed by atoms with van der Waals surface area (Å²) in [4.78, 5) is 4.33. The molecule has 0 amide bonds. The Labute approximate surface area is 103 Å².